The lowest BCUT2D eigenvalue weighted by atomic mass is 10.0. The molecule has 0 bridgehead atoms. The molecule has 0 aliphatic carbocycles. The average molecular weight is 1100 g/mol. The van der Waals surface area contributed by atoms with Crippen LogP contribution < -0.4 is 30.7 Å². The maximum absolute atomic E-state index is 12.3. The van der Waals surface area contributed by atoms with Crippen molar-refractivity contribution >= 4 is 69.7 Å². The van der Waals surface area contributed by atoms with Gasteiger partial charge in [0, 0.05) is 13.1 Å². The zero-order valence-corrected chi connectivity index (χ0v) is 49.3. The third kappa shape index (κ3) is 66.8. The molecule has 0 saturated heterocycles. The Morgan fingerprint density at radius 3 is 0.618 bits per heavy atom. The summed E-state index contributed by atoms with van der Waals surface area (Å²) in [6, 6.07) is 0. The lowest BCUT2D eigenvalue weighted by Gasteiger charge is -2.09. The zero-order valence-electron chi connectivity index (χ0n) is 44.4. The molecule has 0 aromatic rings. The van der Waals surface area contributed by atoms with Crippen molar-refractivity contribution in [1.82, 2.24) is 30.7 Å². The molecule has 0 aromatic heterocycles. The van der Waals surface area contributed by atoms with Crippen molar-refractivity contribution < 1.29 is 16.8 Å². The van der Waals surface area contributed by atoms with E-state index in [1.807, 2.05) is 0 Å². The summed E-state index contributed by atoms with van der Waals surface area (Å²) in [5.41, 5.74) is 0. The van der Waals surface area contributed by atoms with Gasteiger partial charge in [-0.05, 0) is 104 Å². The lowest BCUT2D eigenvalue weighted by molar-refractivity contribution is 0.529. The van der Waals surface area contributed by atoms with Crippen LogP contribution in [0.2, 0.25) is 0 Å². The van der Waals surface area contributed by atoms with Gasteiger partial charge >= 0.3 is 0 Å². The Bertz CT molecular complexity index is 1050. The second kappa shape index (κ2) is 63.9. The van der Waals surface area contributed by atoms with Crippen LogP contribution >= 0.6 is 49.6 Å². The molecule has 0 heterocycles. The molecule has 68 heavy (non-hydrogen) atoms. The Hall–Kier alpha value is 0.820. The van der Waals surface area contributed by atoms with E-state index in [0.717, 1.165) is 129 Å². The van der Waals surface area contributed by atoms with E-state index in [4.69, 9.17) is 0 Å². The quantitative estimate of drug-likeness (QED) is 0.0331. The van der Waals surface area contributed by atoms with Gasteiger partial charge < -0.3 is 21.3 Å². The summed E-state index contributed by atoms with van der Waals surface area (Å²) < 4.78 is 54.9. The molecule has 0 rings (SSSR count). The fourth-order valence-electron chi connectivity index (χ4n) is 8.38. The predicted molar refractivity (Wildman–Crippen MR) is 311 cm³/mol. The van der Waals surface area contributed by atoms with Gasteiger partial charge in [0.15, 0.2) is 0 Å². The molecule has 0 fully saturated rings. The van der Waals surface area contributed by atoms with E-state index in [0.29, 0.717) is 13.1 Å². The molecule has 16 heteroatoms. The van der Waals surface area contributed by atoms with Crippen LogP contribution in [0.4, 0.5) is 0 Å². The first-order valence-corrected chi connectivity index (χ1v) is 31.4. The topological polar surface area (TPSA) is 140 Å². The van der Waals surface area contributed by atoms with Crippen LogP contribution in [-0.4, -0.2) is 93.8 Å². The molecule has 0 amide bonds. The van der Waals surface area contributed by atoms with Crippen molar-refractivity contribution in [1.29, 1.82) is 0 Å². The van der Waals surface area contributed by atoms with Gasteiger partial charge in [0.2, 0.25) is 20.0 Å². The van der Waals surface area contributed by atoms with Crippen molar-refractivity contribution in [3.8, 4) is 0 Å². The molecule has 0 aliphatic heterocycles. The van der Waals surface area contributed by atoms with Crippen molar-refractivity contribution in [2.45, 2.75) is 258 Å². The Kier molecular flexibility index (Phi) is 73.1. The van der Waals surface area contributed by atoms with Gasteiger partial charge in [-0.25, -0.2) is 26.3 Å². The molecule has 6 N–H and O–H groups in total. The SMILES string of the molecule is CCCCCCCCCCCCCCCCCCS(=O)(=O)NCCCNCCCNCCCCNCCCNCCCNS(=O)(=O)CCCCCCCCCCCCCCCCCC.Cl.Cl.Cl.Cl. The monoisotopic (exact) mass is 1090 g/mol. The fourth-order valence-corrected chi connectivity index (χ4v) is 10.8. The highest BCUT2D eigenvalue weighted by Crippen LogP contribution is 2.15. The Morgan fingerprint density at radius 2 is 0.397 bits per heavy atom. The number of nitrogens with one attached hydrogen (secondary N) is 6. The van der Waals surface area contributed by atoms with E-state index < -0.39 is 20.0 Å². The summed E-state index contributed by atoms with van der Waals surface area (Å²) in [4.78, 5) is 0. The first kappa shape index (κ1) is 77.7. The van der Waals surface area contributed by atoms with Gasteiger partial charge in [-0.3, -0.25) is 0 Å². The third-order valence-corrected chi connectivity index (χ3v) is 15.5. The van der Waals surface area contributed by atoms with E-state index in [1.54, 1.807) is 0 Å². The maximum Gasteiger partial charge on any atom is 0.211 e. The lowest BCUT2D eigenvalue weighted by Crippen LogP contribution is -2.30. The molecular weight excluding hydrogens is 979 g/mol. The molecule has 10 nitrogen and oxygen atoms in total. The van der Waals surface area contributed by atoms with E-state index in [9.17, 15) is 16.8 Å². The van der Waals surface area contributed by atoms with Gasteiger partial charge in [0.1, 0.15) is 0 Å². The number of hydrogen-bond acceptors (Lipinski definition) is 8. The molecule has 0 aromatic carbocycles. The van der Waals surface area contributed by atoms with E-state index in [2.05, 4.69) is 44.6 Å². The third-order valence-electron chi connectivity index (χ3n) is 12.6. The number of hydrogen-bond donors (Lipinski definition) is 6. The van der Waals surface area contributed by atoms with Crippen LogP contribution in [-0.2, 0) is 20.0 Å². The smallest absolute Gasteiger partial charge is 0.211 e. The van der Waals surface area contributed by atoms with Crippen LogP contribution in [0.15, 0.2) is 0 Å². The van der Waals surface area contributed by atoms with Crippen LogP contribution in [0.25, 0.3) is 0 Å². The van der Waals surface area contributed by atoms with Crippen LogP contribution in [0.3, 0.4) is 0 Å². The first-order chi connectivity index (χ1) is 31.3. The molecule has 0 radical (unpaired) electrons. The van der Waals surface area contributed by atoms with Gasteiger partial charge in [-0.2, -0.15) is 0 Å². The Balaban J connectivity index is -0.00000331. The number of rotatable bonds is 57. The number of sulfonamides is 2. The second-order valence-corrected chi connectivity index (χ2v) is 23.0. The normalized spacial score (nSPS) is 11.5. The molecule has 0 atom stereocenters. The molecule has 418 valence electrons. The van der Waals surface area contributed by atoms with Gasteiger partial charge in [0.05, 0.1) is 11.5 Å². The van der Waals surface area contributed by atoms with Crippen molar-refractivity contribution in [3.63, 3.8) is 0 Å². The van der Waals surface area contributed by atoms with Crippen LogP contribution in [0, 0.1) is 0 Å². The van der Waals surface area contributed by atoms with Gasteiger partial charge in [-0.15, -0.1) is 49.6 Å². The summed E-state index contributed by atoms with van der Waals surface area (Å²) in [6.45, 7) is 13.2. The number of halogens is 4. The highest BCUT2D eigenvalue weighted by molar-refractivity contribution is 7.89. The predicted octanol–water partition coefficient (Wildman–Crippen LogP) is 13.7. The van der Waals surface area contributed by atoms with E-state index >= 15 is 0 Å². The maximum atomic E-state index is 12.3. The summed E-state index contributed by atoms with van der Waals surface area (Å²) >= 11 is 0. The Morgan fingerprint density at radius 1 is 0.221 bits per heavy atom. The molecule has 0 spiro atoms. The van der Waals surface area contributed by atoms with Crippen molar-refractivity contribution in [2.24, 2.45) is 0 Å². The summed E-state index contributed by atoms with van der Waals surface area (Å²) in [5.74, 6) is 0.517. The molecule has 0 saturated carbocycles. The summed E-state index contributed by atoms with van der Waals surface area (Å²) in [7, 11) is -6.30. The van der Waals surface area contributed by atoms with Crippen molar-refractivity contribution in [3.05, 3.63) is 0 Å². The minimum atomic E-state index is -3.15. The first-order valence-electron chi connectivity index (χ1n) is 28.1. The van der Waals surface area contributed by atoms with Gasteiger partial charge in [0.25, 0.3) is 0 Å². The highest BCUT2D eigenvalue weighted by Gasteiger charge is 2.10. The van der Waals surface area contributed by atoms with Crippen LogP contribution in [0.1, 0.15) is 258 Å². The van der Waals surface area contributed by atoms with E-state index in [-0.39, 0.29) is 61.1 Å². The minimum Gasteiger partial charge on any atom is -0.317 e. The molecule has 0 aliphatic rings. The van der Waals surface area contributed by atoms with Crippen LogP contribution in [0.5, 0.6) is 0 Å². The molecule has 0 unspecified atom stereocenters. The summed E-state index contributed by atoms with van der Waals surface area (Å²) in [5, 5.41) is 13.9. The van der Waals surface area contributed by atoms with Crippen molar-refractivity contribution in [2.75, 3.05) is 77.0 Å². The highest BCUT2D eigenvalue weighted by atomic mass is 35.5. The standard InChI is InChI=1S/C52H112N6O4S2.4ClH/c1-3-5-7-9-11-13-15-17-19-21-23-25-27-29-31-35-51-63(59,60)57-49-39-47-55-45-37-43-53-41-33-34-42-54-44-38-46-56-48-40-50-58-64(61,62)52-36-32-30-28-26-24-22-20-18-16-14-12-10-8-6-4-2;;;;/h53-58H,3-52H2,1-2H3;4*1H. The average Bonchev–Trinajstić information content (AvgIpc) is 3.27. The van der Waals surface area contributed by atoms with Gasteiger partial charge in [-0.1, -0.05) is 206 Å². The largest absolute Gasteiger partial charge is 0.317 e. The zero-order chi connectivity index (χ0) is 46.6. The summed E-state index contributed by atoms with van der Waals surface area (Å²) in [6.07, 6.45) is 47.6. The number of unbranched alkanes of at least 4 members (excludes halogenated alkanes) is 31. The second-order valence-electron chi connectivity index (χ2n) is 19.2. The molecular formula is C52H116Cl4N6O4S2. The van der Waals surface area contributed by atoms with E-state index in [1.165, 1.54) is 167 Å². The fraction of sp³-hybridized carbons (Fsp3) is 1.00. The minimum absolute atomic E-state index is 0. The Labute approximate surface area is 449 Å².